The minimum absolute atomic E-state index is 0.00806. The Morgan fingerprint density at radius 3 is 2.36 bits per heavy atom. The Morgan fingerprint density at radius 2 is 1.82 bits per heavy atom. The highest BCUT2D eigenvalue weighted by atomic mass is 16.6. The monoisotopic (exact) mass is 395 g/mol. The number of ether oxygens (including phenoxy) is 3. The van der Waals surface area contributed by atoms with Crippen LogP contribution in [0.3, 0.4) is 0 Å². The molecule has 28 heavy (non-hydrogen) atoms. The van der Waals surface area contributed by atoms with Crippen molar-refractivity contribution in [2.24, 2.45) is 0 Å². The largest absolute Gasteiger partial charge is 0.494 e. The van der Waals surface area contributed by atoms with Crippen LogP contribution < -0.4 is 15.4 Å². The van der Waals surface area contributed by atoms with Gasteiger partial charge in [-0.1, -0.05) is 12.2 Å². The number of anilines is 1. The first-order valence-corrected chi connectivity index (χ1v) is 8.39. The lowest BCUT2D eigenvalue weighted by Crippen LogP contribution is -2.32. The molecule has 0 saturated heterocycles. The number of amides is 1. The first-order valence-electron chi connectivity index (χ1n) is 8.39. The average molecular weight is 395 g/mol. The van der Waals surface area contributed by atoms with Gasteiger partial charge < -0.3 is 24.8 Å². The zero-order valence-electron chi connectivity index (χ0n) is 16.5. The number of rotatable bonds is 8. The zero-order chi connectivity index (χ0) is 21.3. The Kier molecular flexibility index (Phi) is 8.24. The lowest BCUT2D eigenvalue weighted by Gasteiger charge is -2.19. The summed E-state index contributed by atoms with van der Waals surface area (Å²) in [6.45, 7) is 5.75. The van der Waals surface area contributed by atoms with Crippen LogP contribution in [0.5, 0.6) is 5.75 Å². The lowest BCUT2D eigenvalue weighted by atomic mass is 10.1. The minimum atomic E-state index is -0.707. The summed E-state index contributed by atoms with van der Waals surface area (Å²) >= 11 is 0. The van der Waals surface area contributed by atoms with Crippen molar-refractivity contribution in [2.45, 2.75) is 26.4 Å². The summed E-state index contributed by atoms with van der Waals surface area (Å²) in [7, 11) is 2.52. The summed E-state index contributed by atoms with van der Waals surface area (Å²) in [5, 5.41) is 16.8. The third kappa shape index (κ3) is 7.14. The van der Waals surface area contributed by atoms with E-state index in [0.717, 1.165) is 6.07 Å². The van der Waals surface area contributed by atoms with E-state index in [4.69, 9.17) is 9.47 Å². The van der Waals surface area contributed by atoms with Crippen LogP contribution in [-0.4, -0.2) is 49.9 Å². The van der Waals surface area contributed by atoms with E-state index in [0.29, 0.717) is 0 Å². The normalized spacial score (nSPS) is 11.0. The van der Waals surface area contributed by atoms with Crippen LogP contribution in [0.15, 0.2) is 24.3 Å². The molecule has 0 aromatic heterocycles. The van der Waals surface area contributed by atoms with Crippen molar-refractivity contribution >= 4 is 23.4 Å². The number of methoxy groups -OCH3 is 2. The third-order valence-corrected chi connectivity index (χ3v) is 3.25. The van der Waals surface area contributed by atoms with Gasteiger partial charge in [0.15, 0.2) is 5.69 Å². The number of nitro groups is 1. The van der Waals surface area contributed by atoms with Gasteiger partial charge in [0.1, 0.15) is 11.4 Å². The molecule has 0 aliphatic heterocycles. The second-order valence-corrected chi connectivity index (χ2v) is 6.56. The number of esters is 1. The summed E-state index contributed by atoms with van der Waals surface area (Å²) in [5.41, 5.74) is -0.764. The van der Waals surface area contributed by atoms with Crippen molar-refractivity contribution in [2.75, 3.05) is 32.6 Å². The number of alkyl carbamates (subject to hydrolysis) is 1. The first-order chi connectivity index (χ1) is 13.1. The van der Waals surface area contributed by atoms with Gasteiger partial charge in [0.25, 0.3) is 5.69 Å². The molecule has 10 heteroatoms. The summed E-state index contributed by atoms with van der Waals surface area (Å²) in [4.78, 5) is 33.9. The number of carbonyl (C=O) groups excluding carboxylic acids is 2. The van der Waals surface area contributed by atoms with E-state index in [9.17, 15) is 19.7 Å². The molecule has 2 N–H and O–H groups in total. The van der Waals surface area contributed by atoms with Gasteiger partial charge in [-0.2, -0.15) is 0 Å². The molecule has 0 aliphatic rings. The maximum Gasteiger partial charge on any atom is 0.407 e. The Balaban J connectivity index is 2.77. The summed E-state index contributed by atoms with van der Waals surface area (Å²) in [5.74, 6) is -0.573. The van der Waals surface area contributed by atoms with Gasteiger partial charge in [0, 0.05) is 19.2 Å². The van der Waals surface area contributed by atoms with E-state index in [2.05, 4.69) is 15.4 Å². The van der Waals surface area contributed by atoms with E-state index >= 15 is 0 Å². The smallest absolute Gasteiger partial charge is 0.407 e. The van der Waals surface area contributed by atoms with Crippen LogP contribution >= 0.6 is 0 Å². The summed E-state index contributed by atoms with van der Waals surface area (Å²) < 4.78 is 14.8. The highest BCUT2D eigenvalue weighted by Crippen LogP contribution is 2.36. The molecule has 1 amide bonds. The topological polar surface area (TPSA) is 129 Å². The van der Waals surface area contributed by atoms with Crippen LogP contribution in [-0.2, 0) is 9.47 Å². The molecule has 10 nitrogen and oxygen atoms in total. The number of hydrogen-bond donors (Lipinski definition) is 2. The van der Waals surface area contributed by atoms with Crippen LogP contribution in [0.1, 0.15) is 31.1 Å². The summed E-state index contributed by atoms with van der Waals surface area (Å²) in [6.07, 6.45) is 2.80. The van der Waals surface area contributed by atoms with Crippen LogP contribution in [0, 0.1) is 10.1 Å². The maximum absolute atomic E-state index is 11.7. The van der Waals surface area contributed by atoms with Crippen LogP contribution in [0.4, 0.5) is 16.2 Å². The molecular formula is C18H25N3O7. The second-order valence-electron chi connectivity index (χ2n) is 6.56. The molecule has 0 heterocycles. The number of hydrogen-bond acceptors (Lipinski definition) is 8. The van der Waals surface area contributed by atoms with Gasteiger partial charge in [-0.3, -0.25) is 10.1 Å². The van der Waals surface area contributed by atoms with Crippen molar-refractivity contribution in [1.82, 2.24) is 5.32 Å². The van der Waals surface area contributed by atoms with E-state index < -0.39 is 22.6 Å². The molecule has 1 rings (SSSR count). The predicted octanol–water partition coefficient (Wildman–Crippen LogP) is 2.88. The minimum Gasteiger partial charge on any atom is -0.494 e. The molecule has 0 spiro atoms. The van der Waals surface area contributed by atoms with Crippen molar-refractivity contribution in [3.8, 4) is 5.75 Å². The van der Waals surface area contributed by atoms with Crippen molar-refractivity contribution in [1.29, 1.82) is 0 Å². The van der Waals surface area contributed by atoms with Gasteiger partial charge in [-0.25, -0.2) is 9.59 Å². The van der Waals surface area contributed by atoms with Crippen LogP contribution in [0.25, 0.3) is 0 Å². The van der Waals surface area contributed by atoms with Gasteiger partial charge >= 0.3 is 12.1 Å². The summed E-state index contributed by atoms with van der Waals surface area (Å²) in [6, 6.07) is 2.47. The molecule has 0 unspecified atom stereocenters. The molecule has 0 fully saturated rings. The number of carbonyl (C=O) groups is 2. The Bertz CT molecular complexity index is 754. The van der Waals surface area contributed by atoms with Gasteiger partial charge in [0.2, 0.25) is 0 Å². The molecule has 0 aliphatic carbocycles. The lowest BCUT2D eigenvalue weighted by molar-refractivity contribution is -0.384. The fraction of sp³-hybridized carbons (Fsp3) is 0.444. The Morgan fingerprint density at radius 1 is 1.18 bits per heavy atom. The number of benzene rings is 1. The highest BCUT2D eigenvalue weighted by Gasteiger charge is 2.23. The fourth-order valence-electron chi connectivity index (χ4n) is 2.10. The standard InChI is InChI=1S/C18H25N3O7/c1-18(2,3)28-17(23)20-9-7-6-8-19-15-13(21(24)25)10-12(16(22)27-5)11-14(15)26-4/h6-7,10-11,19H,8-9H2,1-5H3,(H,20,23)/b7-6+. The molecule has 1 aromatic rings. The van der Waals surface area contributed by atoms with Crippen molar-refractivity contribution in [3.63, 3.8) is 0 Å². The van der Waals surface area contributed by atoms with E-state index in [1.807, 2.05) is 0 Å². The second kappa shape index (κ2) is 10.1. The van der Waals surface area contributed by atoms with Crippen molar-refractivity contribution < 1.29 is 28.7 Å². The van der Waals surface area contributed by atoms with E-state index in [1.54, 1.807) is 32.9 Å². The third-order valence-electron chi connectivity index (χ3n) is 3.25. The predicted molar refractivity (Wildman–Crippen MR) is 103 cm³/mol. The number of nitrogens with zero attached hydrogens (tertiary/aromatic N) is 1. The molecule has 0 bridgehead atoms. The highest BCUT2D eigenvalue weighted by molar-refractivity contribution is 5.93. The molecule has 0 atom stereocenters. The average Bonchev–Trinajstić information content (AvgIpc) is 2.61. The molecule has 154 valence electrons. The first kappa shape index (κ1) is 22.7. The maximum atomic E-state index is 11.7. The van der Waals surface area contributed by atoms with Gasteiger partial charge in [-0.15, -0.1) is 0 Å². The number of nitrogens with one attached hydrogen (secondary N) is 2. The van der Waals surface area contributed by atoms with Gasteiger partial charge in [0.05, 0.1) is 24.7 Å². The molecule has 1 aromatic carbocycles. The van der Waals surface area contributed by atoms with Crippen molar-refractivity contribution in [3.05, 3.63) is 40.0 Å². The zero-order valence-corrected chi connectivity index (χ0v) is 16.5. The van der Waals surface area contributed by atoms with Crippen LogP contribution in [0.2, 0.25) is 0 Å². The number of nitro benzene ring substituents is 1. The SMILES string of the molecule is COC(=O)c1cc(OC)c(NC/C=C/CNC(=O)OC(C)(C)C)c([N+](=O)[O-])c1. The quantitative estimate of drug-likeness (QED) is 0.297. The molecule has 0 saturated carbocycles. The van der Waals surface area contributed by atoms with Gasteiger partial charge in [-0.05, 0) is 26.8 Å². The molecule has 0 radical (unpaired) electrons. The van der Waals surface area contributed by atoms with E-state index in [1.165, 1.54) is 20.3 Å². The van der Waals surface area contributed by atoms with E-state index in [-0.39, 0.29) is 35.8 Å². The fourth-order valence-corrected chi connectivity index (χ4v) is 2.10. The Labute approximate surface area is 163 Å². The Hall–Kier alpha value is -3.30. The molecular weight excluding hydrogens is 370 g/mol.